The predicted octanol–water partition coefficient (Wildman–Crippen LogP) is 1.25. The number of sulfonamides is 1. The maximum Gasteiger partial charge on any atom is 0.277 e. The second kappa shape index (κ2) is 9.02. The standard InChI is InChI=1S/C24H29N5O5S2/c1-14-20(35-13-25-14)15-6-8-16(9-7-15)24(2)23(32)26-21(27-24)19-11-17(30)12-28(19)22(31)18-5-4-10-29(18)36(3,33)34/h6-9,13,17-19,30H,4-5,10-12H2,1-3H3,(H,26,27,32)/t17-,18?,19+,24+/m1/s1. The van der Waals surface area contributed by atoms with Gasteiger partial charge < -0.3 is 15.3 Å². The van der Waals surface area contributed by atoms with Gasteiger partial charge in [-0.05, 0) is 37.8 Å². The first-order chi connectivity index (χ1) is 17.0. The molecule has 0 saturated carbocycles. The van der Waals surface area contributed by atoms with Gasteiger partial charge in [-0.1, -0.05) is 24.3 Å². The van der Waals surface area contributed by atoms with Gasteiger partial charge in [0.1, 0.15) is 17.4 Å². The van der Waals surface area contributed by atoms with E-state index in [1.54, 1.807) is 23.8 Å². The molecule has 36 heavy (non-hydrogen) atoms. The molecule has 3 aliphatic heterocycles. The van der Waals surface area contributed by atoms with Crippen LogP contribution in [0.15, 0.2) is 34.8 Å². The van der Waals surface area contributed by atoms with E-state index in [1.807, 2.05) is 31.2 Å². The molecule has 10 nitrogen and oxygen atoms in total. The summed E-state index contributed by atoms with van der Waals surface area (Å²) in [5, 5.41) is 13.6. The van der Waals surface area contributed by atoms with E-state index in [1.165, 1.54) is 9.21 Å². The Morgan fingerprint density at radius 1 is 1.28 bits per heavy atom. The number of nitrogens with zero attached hydrogens (tertiary/aromatic N) is 4. The normalized spacial score (nSPS) is 29.0. The number of aromatic nitrogens is 1. The molecule has 192 valence electrons. The van der Waals surface area contributed by atoms with Gasteiger partial charge in [0.15, 0.2) is 0 Å². The van der Waals surface area contributed by atoms with Crippen molar-refractivity contribution < 1.29 is 23.1 Å². The molecule has 0 radical (unpaired) electrons. The number of hydrogen-bond donors (Lipinski definition) is 2. The van der Waals surface area contributed by atoms with Crippen LogP contribution in [0, 0.1) is 6.92 Å². The SMILES string of the molecule is Cc1ncsc1-c1ccc([C@]2(C)NC([C@@H]3C[C@@H](O)CN3C(=O)C3CCCN3S(C)(=O)=O)=NC2=O)cc1. The average molecular weight is 532 g/mol. The number of aliphatic hydroxyl groups excluding tert-OH is 1. The van der Waals surface area contributed by atoms with Gasteiger partial charge in [-0.3, -0.25) is 9.59 Å². The molecule has 12 heteroatoms. The Balaban J connectivity index is 1.37. The smallest absolute Gasteiger partial charge is 0.277 e. The summed E-state index contributed by atoms with van der Waals surface area (Å²) >= 11 is 1.55. The number of amides is 2. The number of benzene rings is 1. The first kappa shape index (κ1) is 25.0. The third-order valence-corrected chi connectivity index (χ3v) is 9.56. The van der Waals surface area contributed by atoms with Crippen molar-refractivity contribution in [3.63, 3.8) is 0 Å². The van der Waals surface area contributed by atoms with Crippen molar-refractivity contribution >= 4 is 39.0 Å². The summed E-state index contributed by atoms with van der Waals surface area (Å²) in [4.78, 5) is 37.7. The number of aliphatic hydroxyl groups is 1. The van der Waals surface area contributed by atoms with Gasteiger partial charge in [0.2, 0.25) is 15.9 Å². The molecule has 2 fully saturated rings. The summed E-state index contributed by atoms with van der Waals surface area (Å²) < 4.78 is 25.6. The van der Waals surface area contributed by atoms with Gasteiger partial charge in [0, 0.05) is 19.5 Å². The highest BCUT2D eigenvalue weighted by Gasteiger charge is 2.49. The second-order valence-electron chi connectivity index (χ2n) is 9.82. The van der Waals surface area contributed by atoms with Crippen molar-refractivity contribution in [2.45, 2.75) is 56.8 Å². The molecule has 0 bridgehead atoms. The number of amidine groups is 1. The third kappa shape index (κ3) is 4.25. The predicted molar refractivity (Wildman–Crippen MR) is 136 cm³/mol. The first-order valence-corrected chi connectivity index (χ1v) is 14.6. The summed E-state index contributed by atoms with van der Waals surface area (Å²) in [6.45, 7) is 4.06. The van der Waals surface area contributed by atoms with Crippen LogP contribution >= 0.6 is 11.3 Å². The van der Waals surface area contributed by atoms with Gasteiger partial charge >= 0.3 is 0 Å². The number of aryl methyl sites for hydroxylation is 1. The Labute approximate surface area is 214 Å². The Morgan fingerprint density at radius 3 is 2.64 bits per heavy atom. The lowest BCUT2D eigenvalue weighted by molar-refractivity contribution is -0.134. The molecule has 2 amide bonds. The zero-order valence-electron chi connectivity index (χ0n) is 20.3. The Morgan fingerprint density at radius 2 is 2.00 bits per heavy atom. The van der Waals surface area contributed by atoms with Gasteiger partial charge in [0.25, 0.3) is 5.91 Å². The lowest BCUT2D eigenvalue weighted by Crippen LogP contribution is -2.54. The number of carbonyl (C=O) groups is 2. The van der Waals surface area contributed by atoms with E-state index in [-0.39, 0.29) is 24.8 Å². The van der Waals surface area contributed by atoms with Crippen molar-refractivity contribution in [2.24, 2.45) is 4.99 Å². The molecular formula is C24H29N5O5S2. The van der Waals surface area contributed by atoms with Crippen molar-refractivity contribution in [2.75, 3.05) is 19.3 Å². The van der Waals surface area contributed by atoms with Crippen LogP contribution in [0.3, 0.4) is 0 Å². The van der Waals surface area contributed by atoms with Crippen LogP contribution in [0.1, 0.15) is 37.4 Å². The fraction of sp³-hybridized carbons (Fsp3) is 0.500. The van der Waals surface area contributed by atoms with E-state index in [9.17, 15) is 23.1 Å². The minimum absolute atomic E-state index is 0.0616. The highest BCUT2D eigenvalue weighted by atomic mass is 32.2. The summed E-state index contributed by atoms with van der Waals surface area (Å²) in [5.74, 6) is -0.431. The van der Waals surface area contributed by atoms with E-state index in [2.05, 4.69) is 15.3 Å². The van der Waals surface area contributed by atoms with E-state index >= 15 is 0 Å². The molecule has 1 unspecified atom stereocenters. The van der Waals surface area contributed by atoms with Crippen LogP contribution in [-0.4, -0.2) is 82.9 Å². The molecule has 2 N–H and O–H groups in total. The van der Waals surface area contributed by atoms with Gasteiger partial charge in [-0.2, -0.15) is 9.30 Å². The van der Waals surface area contributed by atoms with Crippen LogP contribution < -0.4 is 5.32 Å². The van der Waals surface area contributed by atoms with Crippen LogP contribution in [0.5, 0.6) is 0 Å². The molecule has 1 aromatic carbocycles. The number of β-amino-alcohol motifs (C(OH)–C–C–N with tert-alkyl or cyclic N) is 1. The minimum atomic E-state index is -3.54. The largest absolute Gasteiger partial charge is 0.391 e. The quantitative estimate of drug-likeness (QED) is 0.593. The monoisotopic (exact) mass is 531 g/mol. The molecule has 1 aromatic heterocycles. The molecule has 2 aromatic rings. The van der Waals surface area contributed by atoms with E-state index in [0.29, 0.717) is 25.2 Å². The topological polar surface area (TPSA) is 132 Å². The van der Waals surface area contributed by atoms with Crippen LogP contribution in [-0.2, 0) is 25.2 Å². The molecule has 4 heterocycles. The fourth-order valence-electron chi connectivity index (χ4n) is 5.34. The molecule has 2 saturated heterocycles. The lowest BCUT2D eigenvalue weighted by Gasteiger charge is -2.31. The molecule has 0 aliphatic carbocycles. The van der Waals surface area contributed by atoms with Crippen molar-refractivity contribution in [3.05, 3.63) is 41.0 Å². The minimum Gasteiger partial charge on any atom is -0.391 e. The maximum absolute atomic E-state index is 13.4. The van der Waals surface area contributed by atoms with E-state index < -0.39 is 33.7 Å². The number of hydrogen-bond acceptors (Lipinski definition) is 8. The Hall–Kier alpha value is -2.67. The van der Waals surface area contributed by atoms with Crippen molar-refractivity contribution in [1.82, 2.24) is 19.5 Å². The molecule has 0 spiro atoms. The number of rotatable bonds is 5. The Bertz CT molecular complexity index is 1340. The second-order valence-corrected chi connectivity index (χ2v) is 12.6. The van der Waals surface area contributed by atoms with E-state index in [4.69, 9.17) is 0 Å². The lowest BCUT2D eigenvalue weighted by atomic mass is 9.91. The third-order valence-electron chi connectivity index (χ3n) is 7.29. The molecule has 5 rings (SSSR count). The summed E-state index contributed by atoms with van der Waals surface area (Å²) in [6, 6.07) is 6.21. The summed E-state index contributed by atoms with van der Waals surface area (Å²) in [7, 11) is -3.54. The zero-order chi connectivity index (χ0) is 25.8. The fourth-order valence-corrected chi connectivity index (χ4v) is 7.27. The highest BCUT2D eigenvalue weighted by Crippen LogP contribution is 2.34. The van der Waals surface area contributed by atoms with Gasteiger partial charge in [-0.15, -0.1) is 11.3 Å². The van der Waals surface area contributed by atoms with E-state index in [0.717, 1.165) is 28.0 Å². The molecular weight excluding hydrogens is 502 g/mol. The molecule has 3 aliphatic rings. The molecule has 4 atom stereocenters. The van der Waals surface area contributed by atoms with Crippen LogP contribution in [0.25, 0.3) is 10.4 Å². The Kier molecular flexibility index (Phi) is 6.26. The maximum atomic E-state index is 13.4. The summed E-state index contributed by atoms with van der Waals surface area (Å²) in [5.41, 5.74) is 3.36. The van der Waals surface area contributed by atoms with Gasteiger partial charge in [0.05, 0.1) is 34.5 Å². The number of likely N-dealkylation sites (tertiary alicyclic amines) is 1. The van der Waals surface area contributed by atoms with Crippen molar-refractivity contribution in [3.8, 4) is 10.4 Å². The number of carbonyl (C=O) groups excluding carboxylic acids is 2. The number of thiazole rings is 1. The first-order valence-electron chi connectivity index (χ1n) is 11.9. The highest BCUT2D eigenvalue weighted by molar-refractivity contribution is 7.88. The summed E-state index contributed by atoms with van der Waals surface area (Å²) in [6.07, 6.45) is 1.55. The zero-order valence-corrected chi connectivity index (χ0v) is 22.0. The van der Waals surface area contributed by atoms with Crippen molar-refractivity contribution in [1.29, 1.82) is 0 Å². The number of nitrogens with one attached hydrogen (secondary N) is 1. The van der Waals surface area contributed by atoms with Gasteiger partial charge in [-0.25, -0.2) is 13.4 Å². The average Bonchev–Trinajstić information content (AvgIpc) is 3.60. The number of aliphatic imine (C=N–C) groups is 1. The van der Waals surface area contributed by atoms with Crippen LogP contribution in [0.2, 0.25) is 0 Å². The van der Waals surface area contributed by atoms with Crippen LogP contribution in [0.4, 0.5) is 0 Å².